The van der Waals surface area contributed by atoms with E-state index in [1.807, 2.05) is 6.92 Å². The molecule has 0 unspecified atom stereocenters. The number of thioether (sulfide) groups is 1. The zero-order valence-electron chi connectivity index (χ0n) is 15.9. The Balaban J connectivity index is 1.74. The number of rotatable bonds is 7. The van der Waals surface area contributed by atoms with E-state index in [2.05, 4.69) is 10.3 Å². The van der Waals surface area contributed by atoms with Gasteiger partial charge in [0.2, 0.25) is 11.8 Å². The minimum atomic E-state index is -0.641. The molecule has 1 heterocycles. The van der Waals surface area contributed by atoms with Gasteiger partial charge in [0.05, 0.1) is 11.4 Å². The number of amides is 2. The van der Waals surface area contributed by atoms with Gasteiger partial charge >= 0.3 is 0 Å². The first-order valence-electron chi connectivity index (χ1n) is 9.34. The zero-order valence-corrected chi connectivity index (χ0v) is 16.7. The molecule has 1 aliphatic heterocycles. The molecule has 1 saturated heterocycles. The van der Waals surface area contributed by atoms with Crippen molar-refractivity contribution in [2.24, 2.45) is 4.99 Å². The molecule has 0 spiro atoms. The van der Waals surface area contributed by atoms with Crippen LogP contribution in [0.5, 0.6) is 0 Å². The van der Waals surface area contributed by atoms with Gasteiger partial charge in [0.1, 0.15) is 16.9 Å². The Bertz CT molecular complexity index is 918. The standard InChI is InChI=1S/C21H21F2N3O2S/c1-2-3-12-26-20(28)18(13-19(27)25-17-7-5-4-6-16(17)23)29-21(26)24-15-10-8-14(22)9-11-15/h4-11,18H,2-3,12-13H2,1H3,(H,25,27)/t18-/m1/s1. The number of aliphatic imine (C=N–C) groups is 1. The SMILES string of the molecule is CCCCN1C(=O)[C@@H](CC(=O)Nc2ccccc2F)SC1=Nc1ccc(F)cc1. The quantitative estimate of drug-likeness (QED) is 0.709. The summed E-state index contributed by atoms with van der Waals surface area (Å²) in [5.74, 6) is -1.54. The Morgan fingerprint density at radius 2 is 1.90 bits per heavy atom. The number of para-hydroxylation sites is 1. The van der Waals surface area contributed by atoms with Crippen molar-refractivity contribution in [3.05, 3.63) is 60.2 Å². The van der Waals surface area contributed by atoms with Crippen molar-refractivity contribution in [1.29, 1.82) is 0 Å². The lowest BCUT2D eigenvalue weighted by Gasteiger charge is -2.16. The molecule has 2 amide bonds. The predicted octanol–water partition coefficient (Wildman–Crippen LogP) is 4.73. The highest BCUT2D eigenvalue weighted by atomic mass is 32.2. The summed E-state index contributed by atoms with van der Waals surface area (Å²) in [6, 6.07) is 11.5. The number of anilines is 1. The van der Waals surface area contributed by atoms with Crippen LogP contribution in [0.2, 0.25) is 0 Å². The number of benzene rings is 2. The van der Waals surface area contributed by atoms with Crippen LogP contribution >= 0.6 is 11.8 Å². The summed E-state index contributed by atoms with van der Waals surface area (Å²) in [5, 5.41) is 2.35. The number of amidine groups is 1. The lowest BCUT2D eigenvalue weighted by molar-refractivity contribution is -0.128. The minimum absolute atomic E-state index is 0.0796. The fraction of sp³-hybridized carbons (Fsp3) is 0.286. The topological polar surface area (TPSA) is 61.8 Å². The van der Waals surface area contributed by atoms with Crippen LogP contribution in [0.1, 0.15) is 26.2 Å². The molecule has 0 aromatic heterocycles. The summed E-state index contributed by atoms with van der Waals surface area (Å²) >= 11 is 1.20. The van der Waals surface area contributed by atoms with Crippen LogP contribution < -0.4 is 5.32 Å². The molecule has 1 atom stereocenters. The van der Waals surface area contributed by atoms with Crippen molar-refractivity contribution in [3.8, 4) is 0 Å². The highest BCUT2D eigenvalue weighted by Gasteiger charge is 2.38. The monoisotopic (exact) mass is 417 g/mol. The third-order valence-corrected chi connectivity index (χ3v) is 5.50. The van der Waals surface area contributed by atoms with Crippen LogP contribution in [-0.2, 0) is 9.59 Å². The van der Waals surface area contributed by atoms with E-state index in [0.29, 0.717) is 17.4 Å². The van der Waals surface area contributed by atoms with E-state index in [-0.39, 0.29) is 23.8 Å². The van der Waals surface area contributed by atoms with Crippen LogP contribution in [0.4, 0.5) is 20.2 Å². The van der Waals surface area contributed by atoms with Crippen molar-refractivity contribution >= 4 is 40.1 Å². The lowest BCUT2D eigenvalue weighted by Crippen LogP contribution is -2.34. The van der Waals surface area contributed by atoms with Crippen LogP contribution in [0.15, 0.2) is 53.5 Å². The summed E-state index contributed by atoms with van der Waals surface area (Å²) in [6.07, 6.45) is 1.60. The maximum atomic E-state index is 13.7. The summed E-state index contributed by atoms with van der Waals surface area (Å²) < 4.78 is 26.9. The molecule has 1 N–H and O–H groups in total. The highest BCUT2D eigenvalue weighted by Crippen LogP contribution is 2.32. The number of hydrogen-bond donors (Lipinski definition) is 1. The van der Waals surface area contributed by atoms with E-state index < -0.39 is 17.0 Å². The number of carbonyl (C=O) groups is 2. The Morgan fingerprint density at radius 3 is 2.59 bits per heavy atom. The van der Waals surface area contributed by atoms with Crippen LogP contribution in [-0.4, -0.2) is 33.7 Å². The van der Waals surface area contributed by atoms with Crippen molar-refractivity contribution < 1.29 is 18.4 Å². The van der Waals surface area contributed by atoms with E-state index in [1.165, 1.54) is 54.2 Å². The van der Waals surface area contributed by atoms with Gasteiger partial charge in [-0.2, -0.15) is 0 Å². The molecule has 1 aliphatic rings. The second-order valence-corrected chi connectivity index (χ2v) is 7.72. The van der Waals surface area contributed by atoms with Crippen molar-refractivity contribution in [3.63, 3.8) is 0 Å². The number of nitrogens with one attached hydrogen (secondary N) is 1. The number of carbonyl (C=O) groups excluding carboxylic acids is 2. The molecular weight excluding hydrogens is 396 g/mol. The third-order valence-electron chi connectivity index (χ3n) is 4.33. The second-order valence-electron chi connectivity index (χ2n) is 6.55. The fourth-order valence-corrected chi connectivity index (χ4v) is 3.99. The maximum absolute atomic E-state index is 13.7. The normalized spacial score (nSPS) is 17.8. The van der Waals surface area contributed by atoms with Gasteiger partial charge in [-0.3, -0.25) is 14.5 Å². The molecule has 0 bridgehead atoms. The molecule has 5 nitrogen and oxygen atoms in total. The minimum Gasteiger partial charge on any atom is -0.324 e. The van der Waals surface area contributed by atoms with E-state index in [4.69, 9.17) is 0 Å². The van der Waals surface area contributed by atoms with Gasteiger partial charge in [0.15, 0.2) is 5.17 Å². The van der Waals surface area contributed by atoms with Gasteiger partial charge in [-0.1, -0.05) is 37.2 Å². The highest BCUT2D eigenvalue weighted by molar-refractivity contribution is 8.15. The first kappa shape index (κ1) is 21.0. The summed E-state index contributed by atoms with van der Waals surface area (Å²) in [5.41, 5.74) is 0.607. The summed E-state index contributed by atoms with van der Waals surface area (Å²) in [6.45, 7) is 2.51. The van der Waals surface area contributed by atoms with Gasteiger partial charge < -0.3 is 5.32 Å². The Kier molecular flexibility index (Phi) is 6.98. The van der Waals surface area contributed by atoms with Crippen LogP contribution in [0, 0.1) is 11.6 Å². The molecule has 0 aliphatic carbocycles. The zero-order chi connectivity index (χ0) is 20.8. The molecule has 0 saturated carbocycles. The van der Waals surface area contributed by atoms with E-state index in [0.717, 1.165) is 12.8 Å². The van der Waals surface area contributed by atoms with Crippen molar-refractivity contribution in [2.75, 3.05) is 11.9 Å². The number of unbranched alkanes of at least 4 members (excludes halogenated alkanes) is 1. The Morgan fingerprint density at radius 1 is 1.17 bits per heavy atom. The smallest absolute Gasteiger partial charge is 0.242 e. The number of nitrogens with zero attached hydrogens (tertiary/aromatic N) is 2. The molecule has 152 valence electrons. The molecule has 0 radical (unpaired) electrons. The maximum Gasteiger partial charge on any atom is 0.242 e. The molecule has 1 fully saturated rings. The summed E-state index contributed by atoms with van der Waals surface area (Å²) in [4.78, 5) is 31.2. The molecule has 2 aromatic rings. The van der Waals surface area contributed by atoms with Gasteiger partial charge in [-0.05, 0) is 42.8 Å². The Labute approximate surface area is 172 Å². The lowest BCUT2D eigenvalue weighted by atomic mass is 10.2. The first-order chi connectivity index (χ1) is 14.0. The van der Waals surface area contributed by atoms with Crippen molar-refractivity contribution in [2.45, 2.75) is 31.4 Å². The largest absolute Gasteiger partial charge is 0.324 e. The second kappa shape index (κ2) is 9.65. The number of hydrogen-bond acceptors (Lipinski definition) is 4. The third kappa shape index (κ3) is 5.41. The average molecular weight is 417 g/mol. The van der Waals surface area contributed by atoms with E-state index in [1.54, 1.807) is 11.0 Å². The average Bonchev–Trinajstić information content (AvgIpc) is 2.98. The molecular formula is C21H21F2N3O2S. The fourth-order valence-electron chi connectivity index (χ4n) is 2.81. The van der Waals surface area contributed by atoms with E-state index in [9.17, 15) is 18.4 Å². The van der Waals surface area contributed by atoms with Gasteiger partial charge in [-0.15, -0.1) is 0 Å². The van der Waals surface area contributed by atoms with Gasteiger partial charge in [0, 0.05) is 13.0 Å². The summed E-state index contributed by atoms with van der Waals surface area (Å²) in [7, 11) is 0. The van der Waals surface area contributed by atoms with Crippen LogP contribution in [0.25, 0.3) is 0 Å². The molecule has 2 aromatic carbocycles. The Hall–Kier alpha value is -2.74. The molecule has 29 heavy (non-hydrogen) atoms. The van der Waals surface area contributed by atoms with Gasteiger partial charge in [0.25, 0.3) is 0 Å². The predicted molar refractivity (Wildman–Crippen MR) is 111 cm³/mol. The molecule has 3 rings (SSSR count). The first-order valence-corrected chi connectivity index (χ1v) is 10.2. The number of halogens is 2. The van der Waals surface area contributed by atoms with Crippen LogP contribution in [0.3, 0.4) is 0 Å². The van der Waals surface area contributed by atoms with E-state index >= 15 is 0 Å². The van der Waals surface area contributed by atoms with Gasteiger partial charge in [-0.25, -0.2) is 13.8 Å². The molecule has 8 heteroatoms. The van der Waals surface area contributed by atoms with Crippen molar-refractivity contribution in [1.82, 2.24) is 4.90 Å².